The maximum Gasteiger partial charge on any atom is 0.306 e. The van der Waals surface area contributed by atoms with E-state index in [0.29, 0.717) is 143 Å². The molecule has 0 aliphatic carbocycles. The van der Waals surface area contributed by atoms with Crippen molar-refractivity contribution >= 4 is 35.8 Å². The molecular weight excluding hydrogens is 1380 g/mol. The molecule has 0 aromatic carbocycles. The molecule has 16 heteroatoms. The van der Waals surface area contributed by atoms with E-state index >= 15 is 0 Å². The van der Waals surface area contributed by atoms with Crippen LogP contribution < -0.4 is 0 Å². The monoisotopic (exact) mass is 1560 g/mol. The average molecular weight is 1560 g/mol. The van der Waals surface area contributed by atoms with Crippen molar-refractivity contribution in [2.24, 2.45) is 0 Å². The van der Waals surface area contributed by atoms with Gasteiger partial charge >= 0.3 is 35.8 Å². The fourth-order valence-corrected chi connectivity index (χ4v) is 15.8. The first-order valence-electron chi connectivity index (χ1n) is 47.7. The summed E-state index contributed by atoms with van der Waals surface area (Å²) in [5.41, 5.74) is 0. The zero-order valence-electron chi connectivity index (χ0n) is 74.1. The van der Waals surface area contributed by atoms with Crippen molar-refractivity contribution < 1.29 is 57.2 Å². The van der Waals surface area contributed by atoms with Gasteiger partial charge in [-0.05, 0) is 194 Å². The second-order valence-electron chi connectivity index (χ2n) is 33.5. The van der Waals surface area contributed by atoms with E-state index in [9.17, 15) is 28.8 Å². The number of carbonyl (C=O) groups is 6. The van der Waals surface area contributed by atoms with Gasteiger partial charge in [-0.15, -0.1) is 0 Å². The van der Waals surface area contributed by atoms with Crippen LogP contribution in [0.15, 0.2) is 0 Å². The van der Waals surface area contributed by atoms with Crippen LogP contribution in [0.25, 0.3) is 0 Å². The van der Waals surface area contributed by atoms with Gasteiger partial charge < -0.3 is 38.2 Å². The molecule has 0 N–H and O–H groups in total. The van der Waals surface area contributed by atoms with E-state index in [0.717, 1.165) is 116 Å². The van der Waals surface area contributed by atoms with Crippen LogP contribution in [0, 0.1) is 0 Å². The molecule has 0 spiro atoms. The number of rotatable bonds is 82. The first kappa shape index (κ1) is 105. The highest BCUT2D eigenvalue weighted by molar-refractivity contribution is 5.71. The third kappa shape index (κ3) is 63.9. The molecule has 1 saturated heterocycles. The molecule has 2 atom stereocenters. The van der Waals surface area contributed by atoms with E-state index in [1.54, 1.807) is 0 Å². The minimum absolute atomic E-state index is 0.0189. The highest BCUT2D eigenvalue weighted by atomic mass is 16.6. The van der Waals surface area contributed by atoms with Crippen LogP contribution >= 0.6 is 0 Å². The molecule has 110 heavy (non-hydrogen) atoms. The maximum atomic E-state index is 13.4. The van der Waals surface area contributed by atoms with Crippen LogP contribution in [0.2, 0.25) is 0 Å². The molecule has 1 fully saturated rings. The molecule has 0 aromatic heterocycles. The molecule has 1 rings (SSSR count). The number of nitrogens with zero attached hydrogens (tertiary/aromatic N) is 4. The van der Waals surface area contributed by atoms with E-state index in [1.807, 2.05) is 0 Å². The molecular formula is C94H180N4O12. The zero-order valence-corrected chi connectivity index (χ0v) is 74.1. The largest absolute Gasteiger partial charge is 0.464 e. The highest BCUT2D eigenvalue weighted by Crippen LogP contribution is 2.24. The Balaban J connectivity index is 2.92. The van der Waals surface area contributed by atoms with E-state index in [2.05, 4.69) is 88.8 Å². The van der Waals surface area contributed by atoms with Crippen molar-refractivity contribution in [2.45, 2.75) is 491 Å². The molecule has 648 valence electrons. The molecule has 0 bridgehead atoms. The van der Waals surface area contributed by atoms with Crippen molar-refractivity contribution in [1.29, 1.82) is 0 Å². The molecule has 0 radical (unpaired) electrons. The van der Waals surface area contributed by atoms with Crippen LogP contribution in [0.3, 0.4) is 0 Å². The molecule has 1 aliphatic rings. The van der Waals surface area contributed by atoms with Gasteiger partial charge in [0.1, 0.15) is 37.6 Å². The standard InChI is InChI=1S/C94H180N4O12/c1-11-19-27-35-43-57-85(58-44-36-28-20-12-2)107-91(101)67-53-73-95(74-54-68-92(102)108-86(59-45-37-29-21-13-3)60-46-38-30-22-14-4)71-51-65-89(99)105-79-77-97-81-84(10)98(82-83(97)9)78-80-106-90(100)66-52-72-96(75-55-69-93(103)109-87(61-47-39-31-23-15-5)62-48-40-32-24-16-6)76-56-70-94(104)110-88(63-49-41-33-25-17-7)64-50-42-34-26-18-8/h83-88H,11-82H2,1-10H3. The van der Waals surface area contributed by atoms with Crippen molar-refractivity contribution in [3.63, 3.8) is 0 Å². The highest BCUT2D eigenvalue weighted by Gasteiger charge is 2.30. The Morgan fingerprint density at radius 1 is 0.255 bits per heavy atom. The maximum absolute atomic E-state index is 13.4. The Morgan fingerprint density at radius 3 is 0.609 bits per heavy atom. The van der Waals surface area contributed by atoms with Crippen LogP contribution in [0.5, 0.6) is 0 Å². The lowest BCUT2D eigenvalue weighted by Gasteiger charge is -2.44. The summed E-state index contributed by atoms with van der Waals surface area (Å²) in [6.45, 7) is 29.9. The number of hydrogen-bond donors (Lipinski definition) is 0. The number of esters is 6. The Hall–Kier alpha value is -3.34. The third-order valence-electron chi connectivity index (χ3n) is 22.9. The van der Waals surface area contributed by atoms with Crippen LogP contribution in [-0.2, 0) is 57.2 Å². The summed E-state index contributed by atoms with van der Waals surface area (Å²) in [4.78, 5) is 89.9. The normalized spacial score (nSPS) is 14.3. The number of piperazine rings is 1. The third-order valence-corrected chi connectivity index (χ3v) is 22.9. The van der Waals surface area contributed by atoms with Crippen molar-refractivity contribution in [1.82, 2.24) is 19.6 Å². The fraction of sp³-hybridized carbons (Fsp3) is 0.936. The minimum atomic E-state index is -0.211. The van der Waals surface area contributed by atoms with Gasteiger partial charge in [0, 0.05) is 76.8 Å². The Bertz CT molecular complexity index is 1820. The summed E-state index contributed by atoms with van der Waals surface area (Å²) >= 11 is 0. The van der Waals surface area contributed by atoms with Gasteiger partial charge in [-0.1, -0.05) is 261 Å². The van der Waals surface area contributed by atoms with Gasteiger partial charge in [0.15, 0.2) is 0 Å². The molecule has 1 heterocycles. The summed E-state index contributed by atoms with van der Waals surface area (Å²) < 4.78 is 36.6. The summed E-state index contributed by atoms with van der Waals surface area (Å²) in [6, 6.07) is 0.438. The lowest BCUT2D eigenvalue weighted by molar-refractivity contribution is -0.151. The van der Waals surface area contributed by atoms with Crippen LogP contribution in [0.4, 0.5) is 0 Å². The summed E-state index contributed by atoms with van der Waals surface area (Å²) in [7, 11) is 0. The second kappa shape index (κ2) is 76.9. The van der Waals surface area contributed by atoms with Crippen molar-refractivity contribution in [3.05, 3.63) is 0 Å². The number of unbranched alkanes of at least 4 members (excludes halogenated alkanes) is 32. The van der Waals surface area contributed by atoms with Gasteiger partial charge in [0.2, 0.25) is 0 Å². The molecule has 16 nitrogen and oxygen atoms in total. The van der Waals surface area contributed by atoms with E-state index in [1.165, 1.54) is 205 Å². The molecule has 0 saturated carbocycles. The van der Waals surface area contributed by atoms with Gasteiger partial charge in [0.25, 0.3) is 0 Å². The summed E-state index contributed by atoms with van der Waals surface area (Å²) in [6.07, 6.45) is 61.1. The average Bonchev–Trinajstić information content (AvgIpc) is 0.845. The Labute approximate surface area is 678 Å². The number of carbonyl (C=O) groups excluding carboxylic acids is 6. The SMILES string of the molecule is CCCCCCCC(CCCCCCC)OC(=O)CCCN(CCCC(=O)OCCN1CC(C)N(CCOC(=O)CCCN(CCCC(=O)OC(CCCCCCC)CCCCCCC)CCCC(=O)OC(CCCCCCC)CCCCCCC)CC1C)CCCC(=O)OC(CCCCCCC)CCCCCCC. The quantitative estimate of drug-likeness (QED) is 0.0320. The summed E-state index contributed by atoms with van der Waals surface area (Å²) in [5.74, 6) is -0.886. The molecule has 2 unspecified atom stereocenters. The van der Waals surface area contributed by atoms with Gasteiger partial charge in [0.05, 0.1) is 0 Å². The van der Waals surface area contributed by atoms with Gasteiger partial charge in [-0.2, -0.15) is 0 Å². The lowest BCUT2D eigenvalue weighted by Crippen LogP contribution is -2.57. The predicted octanol–water partition coefficient (Wildman–Crippen LogP) is 24.3. The minimum Gasteiger partial charge on any atom is -0.464 e. The first-order chi connectivity index (χ1) is 53.6. The fourth-order valence-electron chi connectivity index (χ4n) is 15.8. The number of ether oxygens (including phenoxy) is 6. The lowest BCUT2D eigenvalue weighted by atomic mass is 10.0. The van der Waals surface area contributed by atoms with E-state index < -0.39 is 0 Å². The first-order valence-corrected chi connectivity index (χ1v) is 47.7. The molecule has 0 amide bonds. The summed E-state index contributed by atoms with van der Waals surface area (Å²) in [5, 5.41) is 0. The predicted molar refractivity (Wildman–Crippen MR) is 459 cm³/mol. The van der Waals surface area contributed by atoms with Crippen molar-refractivity contribution in [2.75, 3.05) is 78.7 Å². The van der Waals surface area contributed by atoms with Gasteiger partial charge in [-0.25, -0.2) is 0 Å². The molecule has 1 aliphatic heterocycles. The van der Waals surface area contributed by atoms with Gasteiger partial charge in [-0.3, -0.25) is 38.6 Å². The van der Waals surface area contributed by atoms with Crippen LogP contribution in [-0.4, -0.2) is 171 Å². The Kier molecular flexibility index (Phi) is 73.2. The van der Waals surface area contributed by atoms with E-state index in [-0.39, 0.29) is 72.3 Å². The van der Waals surface area contributed by atoms with Crippen molar-refractivity contribution in [3.8, 4) is 0 Å². The Morgan fingerprint density at radius 2 is 0.427 bits per heavy atom. The van der Waals surface area contributed by atoms with Crippen LogP contribution in [0.1, 0.15) is 454 Å². The molecule has 0 aromatic rings. The number of hydrogen-bond acceptors (Lipinski definition) is 16. The topological polar surface area (TPSA) is 171 Å². The second-order valence-corrected chi connectivity index (χ2v) is 33.5. The van der Waals surface area contributed by atoms with E-state index in [4.69, 9.17) is 28.4 Å². The smallest absolute Gasteiger partial charge is 0.306 e. The zero-order chi connectivity index (χ0) is 80.4.